The van der Waals surface area contributed by atoms with Gasteiger partial charge in [0.2, 0.25) is 0 Å². The Morgan fingerprint density at radius 2 is 1.89 bits per heavy atom. The van der Waals surface area contributed by atoms with Gasteiger partial charge in [-0.15, -0.1) is 0 Å². The van der Waals surface area contributed by atoms with Crippen LogP contribution in [0.1, 0.15) is 22.3 Å². The summed E-state index contributed by atoms with van der Waals surface area (Å²) in [5, 5.41) is 0. The second kappa shape index (κ2) is 4.61. The van der Waals surface area contributed by atoms with E-state index in [0.29, 0.717) is 6.73 Å². The van der Waals surface area contributed by atoms with Crippen molar-refractivity contribution in [3.05, 3.63) is 58.7 Å². The molecule has 0 fully saturated rings. The van der Waals surface area contributed by atoms with Crippen LogP contribution in [0.2, 0.25) is 0 Å². The van der Waals surface area contributed by atoms with Crippen molar-refractivity contribution in [2.24, 2.45) is 0 Å². The van der Waals surface area contributed by atoms with Crippen molar-refractivity contribution < 1.29 is 4.74 Å². The average Bonchev–Trinajstić information content (AvgIpc) is 2.41. The largest absolute Gasteiger partial charge is 0.473 e. The first-order valence-corrected chi connectivity index (χ1v) is 6.68. The molecule has 19 heavy (non-hydrogen) atoms. The molecule has 2 aromatic rings. The molecule has 0 aromatic heterocycles. The number of hydrogen-bond donors (Lipinski definition) is 0. The molecule has 0 bridgehead atoms. The van der Waals surface area contributed by atoms with Crippen LogP contribution in [0.5, 0.6) is 5.75 Å². The van der Waals surface area contributed by atoms with E-state index in [2.05, 4.69) is 62.1 Å². The molecular weight excluding hydrogens is 234 g/mol. The van der Waals surface area contributed by atoms with Gasteiger partial charge in [0.15, 0.2) is 6.73 Å². The van der Waals surface area contributed by atoms with Gasteiger partial charge in [-0.05, 0) is 44.0 Å². The summed E-state index contributed by atoms with van der Waals surface area (Å²) in [6.07, 6.45) is 0. The van der Waals surface area contributed by atoms with E-state index < -0.39 is 0 Å². The third-order valence-electron chi connectivity index (χ3n) is 3.87. The highest BCUT2D eigenvalue weighted by Crippen LogP contribution is 2.31. The summed E-state index contributed by atoms with van der Waals surface area (Å²) >= 11 is 0. The lowest BCUT2D eigenvalue weighted by Gasteiger charge is -2.32. The minimum absolute atomic E-state index is 0.625. The molecule has 98 valence electrons. The summed E-state index contributed by atoms with van der Waals surface area (Å²) in [7, 11) is 0. The summed E-state index contributed by atoms with van der Waals surface area (Å²) in [5.74, 6) is 1.02. The highest BCUT2D eigenvalue weighted by molar-refractivity contribution is 5.57. The van der Waals surface area contributed by atoms with Crippen molar-refractivity contribution in [1.82, 2.24) is 0 Å². The van der Waals surface area contributed by atoms with Crippen molar-refractivity contribution in [2.45, 2.75) is 27.3 Å². The molecule has 2 nitrogen and oxygen atoms in total. The second-order valence-corrected chi connectivity index (χ2v) is 5.30. The Kier molecular flexibility index (Phi) is 2.94. The number of aryl methyl sites for hydroxylation is 2. The van der Waals surface area contributed by atoms with Crippen LogP contribution in [-0.2, 0) is 6.54 Å². The van der Waals surface area contributed by atoms with Gasteiger partial charge in [0.05, 0.1) is 0 Å². The molecule has 0 aliphatic carbocycles. The van der Waals surface area contributed by atoms with Gasteiger partial charge in [-0.1, -0.05) is 29.8 Å². The quantitative estimate of drug-likeness (QED) is 0.762. The van der Waals surface area contributed by atoms with Crippen LogP contribution in [0, 0.1) is 20.8 Å². The van der Waals surface area contributed by atoms with Crippen molar-refractivity contribution in [2.75, 3.05) is 11.6 Å². The van der Waals surface area contributed by atoms with Crippen LogP contribution in [0.3, 0.4) is 0 Å². The molecule has 0 radical (unpaired) electrons. The third-order valence-corrected chi connectivity index (χ3v) is 3.87. The zero-order chi connectivity index (χ0) is 13.4. The number of rotatable bonds is 1. The van der Waals surface area contributed by atoms with Crippen LogP contribution in [0.4, 0.5) is 5.69 Å². The molecule has 2 aromatic carbocycles. The summed E-state index contributed by atoms with van der Waals surface area (Å²) in [5.41, 5.74) is 6.49. The third kappa shape index (κ3) is 2.19. The molecule has 3 rings (SSSR count). The first-order chi connectivity index (χ1) is 9.15. The first-order valence-electron chi connectivity index (χ1n) is 6.68. The fourth-order valence-corrected chi connectivity index (χ4v) is 2.60. The molecule has 1 aliphatic rings. The molecule has 0 saturated carbocycles. The Balaban J connectivity index is 1.95. The molecule has 0 saturated heterocycles. The number of anilines is 1. The fraction of sp³-hybridized carbons (Fsp3) is 0.294. The maximum Gasteiger partial charge on any atom is 0.161 e. The predicted octanol–water partition coefficient (Wildman–Crippen LogP) is 3.97. The van der Waals surface area contributed by atoms with Crippen LogP contribution in [-0.4, -0.2) is 6.73 Å². The smallest absolute Gasteiger partial charge is 0.161 e. The lowest BCUT2D eigenvalue weighted by Crippen LogP contribution is -2.32. The molecule has 2 heteroatoms. The Labute approximate surface area is 114 Å². The molecule has 0 N–H and O–H groups in total. The minimum Gasteiger partial charge on any atom is -0.473 e. The molecular formula is C17H19NO. The molecule has 0 amide bonds. The SMILES string of the molecule is Cc1ccc2c(c1)CN(c1cccc(C)c1C)CO2. The summed E-state index contributed by atoms with van der Waals surface area (Å²) in [6, 6.07) is 12.8. The number of hydrogen-bond acceptors (Lipinski definition) is 2. The summed E-state index contributed by atoms with van der Waals surface area (Å²) < 4.78 is 5.87. The lowest BCUT2D eigenvalue weighted by molar-refractivity contribution is 0.289. The molecule has 1 heterocycles. The molecule has 1 aliphatic heterocycles. The highest BCUT2D eigenvalue weighted by atomic mass is 16.5. The van der Waals surface area contributed by atoms with E-state index in [1.165, 1.54) is 27.9 Å². The maximum absolute atomic E-state index is 5.87. The van der Waals surface area contributed by atoms with Gasteiger partial charge in [0.25, 0.3) is 0 Å². The van der Waals surface area contributed by atoms with E-state index in [-0.39, 0.29) is 0 Å². The zero-order valence-electron chi connectivity index (χ0n) is 11.7. The number of ether oxygens (including phenoxy) is 1. The Bertz CT molecular complexity index is 619. The van der Waals surface area contributed by atoms with E-state index in [4.69, 9.17) is 4.74 Å². The van der Waals surface area contributed by atoms with Crippen molar-refractivity contribution in [3.8, 4) is 5.75 Å². The van der Waals surface area contributed by atoms with Crippen LogP contribution < -0.4 is 9.64 Å². The van der Waals surface area contributed by atoms with Crippen LogP contribution >= 0.6 is 0 Å². The topological polar surface area (TPSA) is 12.5 Å². The van der Waals surface area contributed by atoms with E-state index >= 15 is 0 Å². The summed E-state index contributed by atoms with van der Waals surface area (Å²) in [6.45, 7) is 8.00. The van der Waals surface area contributed by atoms with Gasteiger partial charge in [-0.2, -0.15) is 0 Å². The fourth-order valence-electron chi connectivity index (χ4n) is 2.60. The maximum atomic E-state index is 5.87. The van der Waals surface area contributed by atoms with E-state index in [9.17, 15) is 0 Å². The van der Waals surface area contributed by atoms with Gasteiger partial charge in [-0.25, -0.2) is 0 Å². The molecule has 0 atom stereocenters. The number of benzene rings is 2. The molecule has 0 unspecified atom stereocenters. The van der Waals surface area contributed by atoms with Gasteiger partial charge >= 0.3 is 0 Å². The van der Waals surface area contributed by atoms with E-state index in [1.807, 2.05) is 0 Å². The Morgan fingerprint density at radius 1 is 1.05 bits per heavy atom. The standard InChI is InChI=1S/C17H19NO/c1-12-7-8-17-15(9-12)10-18(11-19-17)16-6-4-5-13(2)14(16)3/h4-9H,10-11H2,1-3H3. The second-order valence-electron chi connectivity index (χ2n) is 5.30. The monoisotopic (exact) mass is 253 g/mol. The Hall–Kier alpha value is -1.96. The van der Waals surface area contributed by atoms with E-state index in [0.717, 1.165) is 12.3 Å². The van der Waals surface area contributed by atoms with Crippen molar-refractivity contribution in [3.63, 3.8) is 0 Å². The predicted molar refractivity (Wildman–Crippen MR) is 78.8 cm³/mol. The van der Waals surface area contributed by atoms with Gasteiger partial charge in [0.1, 0.15) is 5.75 Å². The van der Waals surface area contributed by atoms with Gasteiger partial charge in [-0.3, -0.25) is 0 Å². The van der Waals surface area contributed by atoms with Gasteiger partial charge < -0.3 is 9.64 Å². The average molecular weight is 253 g/mol. The first kappa shape index (κ1) is 12.1. The highest BCUT2D eigenvalue weighted by Gasteiger charge is 2.19. The van der Waals surface area contributed by atoms with Crippen molar-refractivity contribution in [1.29, 1.82) is 0 Å². The molecule has 0 spiro atoms. The normalized spacial score (nSPS) is 13.9. The van der Waals surface area contributed by atoms with Gasteiger partial charge in [0, 0.05) is 17.8 Å². The zero-order valence-corrected chi connectivity index (χ0v) is 11.7. The van der Waals surface area contributed by atoms with E-state index in [1.54, 1.807) is 0 Å². The van der Waals surface area contributed by atoms with Crippen molar-refractivity contribution >= 4 is 5.69 Å². The summed E-state index contributed by atoms with van der Waals surface area (Å²) in [4.78, 5) is 2.30. The Morgan fingerprint density at radius 3 is 2.74 bits per heavy atom. The minimum atomic E-state index is 0.625. The van der Waals surface area contributed by atoms with Crippen LogP contribution in [0.25, 0.3) is 0 Å². The van der Waals surface area contributed by atoms with Crippen LogP contribution in [0.15, 0.2) is 36.4 Å². The number of nitrogens with zero attached hydrogens (tertiary/aromatic N) is 1. The number of fused-ring (bicyclic) bond motifs is 1. The lowest BCUT2D eigenvalue weighted by atomic mass is 10.1.